The minimum absolute atomic E-state index is 0.136. The lowest BCUT2D eigenvalue weighted by atomic mass is 10.0. The lowest BCUT2D eigenvalue weighted by molar-refractivity contribution is -0.144. The average molecular weight is 372 g/mol. The van der Waals surface area contributed by atoms with Gasteiger partial charge in [-0.25, -0.2) is 9.48 Å². The van der Waals surface area contributed by atoms with Gasteiger partial charge in [0.05, 0.1) is 18.9 Å². The number of aromatic nitrogens is 2. The predicted octanol–water partition coefficient (Wildman–Crippen LogP) is 2.77. The fraction of sp³-hybridized carbons (Fsp3) is 0.400. The van der Waals surface area contributed by atoms with E-state index in [1.807, 2.05) is 24.3 Å². The highest BCUT2D eigenvalue weighted by Crippen LogP contribution is 2.21. The zero-order valence-electron chi connectivity index (χ0n) is 16.0. The molecule has 2 rings (SSSR count). The highest BCUT2D eigenvalue weighted by Gasteiger charge is 2.19. The fourth-order valence-corrected chi connectivity index (χ4v) is 2.51. The first-order valence-electron chi connectivity index (χ1n) is 8.92. The molecule has 0 aliphatic heterocycles. The number of carbonyl (C=O) groups is 2. The molecule has 1 aromatic heterocycles. The Morgan fingerprint density at radius 2 is 1.70 bits per heavy atom. The molecule has 0 bridgehead atoms. The molecule has 0 fully saturated rings. The Bertz CT molecular complexity index is 869. The van der Waals surface area contributed by atoms with Gasteiger partial charge in [0.25, 0.3) is 5.56 Å². The van der Waals surface area contributed by atoms with Gasteiger partial charge in [-0.1, -0.05) is 38.1 Å². The molecule has 144 valence electrons. The second-order valence-corrected chi connectivity index (χ2v) is 6.21. The largest absolute Gasteiger partial charge is 0.465 e. The molecular formula is C20H24N2O5. The molecule has 0 saturated carbocycles. The third kappa shape index (κ3) is 5.03. The van der Waals surface area contributed by atoms with Crippen LogP contribution in [-0.2, 0) is 20.8 Å². The molecule has 27 heavy (non-hydrogen) atoms. The van der Waals surface area contributed by atoms with Crippen molar-refractivity contribution in [1.29, 1.82) is 0 Å². The van der Waals surface area contributed by atoms with Crippen LogP contribution in [-0.4, -0.2) is 34.9 Å². The molecule has 0 N–H and O–H groups in total. The number of rotatable bonds is 7. The van der Waals surface area contributed by atoms with Crippen LogP contribution >= 0.6 is 0 Å². The van der Waals surface area contributed by atoms with Crippen LogP contribution in [0.1, 0.15) is 49.5 Å². The van der Waals surface area contributed by atoms with Crippen LogP contribution in [0.2, 0.25) is 0 Å². The molecule has 1 aromatic carbocycles. The van der Waals surface area contributed by atoms with Crippen LogP contribution in [0.25, 0.3) is 11.3 Å². The summed E-state index contributed by atoms with van der Waals surface area (Å²) >= 11 is 0. The van der Waals surface area contributed by atoms with Gasteiger partial charge in [-0.3, -0.25) is 9.59 Å². The summed E-state index contributed by atoms with van der Waals surface area (Å²) < 4.78 is 10.8. The summed E-state index contributed by atoms with van der Waals surface area (Å²) in [6, 6.07) is 9.06. The molecule has 0 atom stereocenters. The van der Waals surface area contributed by atoms with Crippen molar-refractivity contribution in [1.82, 2.24) is 9.78 Å². The summed E-state index contributed by atoms with van der Waals surface area (Å²) in [7, 11) is 0. The molecule has 2 aromatic rings. The lowest BCUT2D eigenvalue weighted by Crippen LogP contribution is -2.32. The molecule has 0 amide bonds. The van der Waals surface area contributed by atoms with E-state index in [2.05, 4.69) is 18.9 Å². The van der Waals surface area contributed by atoms with E-state index in [9.17, 15) is 14.4 Å². The standard InChI is InChI=1S/C20H24N2O5/c1-5-26-18(23)12-22-19(24)16(20(25)27-6-2)11-17(21-22)15-9-7-14(8-10-15)13(3)4/h7-11,13H,5-6,12H2,1-4H3. The van der Waals surface area contributed by atoms with Crippen LogP contribution < -0.4 is 5.56 Å². The topological polar surface area (TPSA) is 87.5 Å². The maximum absolute atomic E-state index is 12.5. The first kappa shape index (κ1) is 20.4. The smallest absolute Gasteiger partial charge is 0.343 e. The normalized spacial score (nSPS) is 10.7. The van der Waals surface area contributed by atoms with Gasteiger partial charge < -0.3 is 9.47 Å². The monoisotopic (exact) mass is 372 g/mol. The molecule has 0 aliphatic carbocycles. The predicted molar refractivity (Wildman–Crippen MR) is 101 cm³/mol. The van der Waals surface area contributed by atoms with Crippen molar-refractivity contribution >= 4 is 11.9 Å². The van der Waals surface area contributed by atoms with Crippen molar-refractivity contribution in [3.63, 3.8) is 0 Å². The van der Waals surface area contributed by atoms with Gasteiger partial charge in [0.15, 0.2) is 0 Å². The zero-order valence-corrected chi connectivity index (χ0v) is 16.0. The SMILES string of the molecule is CCOC(=O)Cn1nc(-c2ccc(C(C)C)cc2)cc(C(=O)OCC)c1=O. The number of carbonyl (C=O) groups excluding carboxylic acids is 2. The second kappa shape index (κ2) is 9.12. The van der Waals surface area contributed by atoms with E-state index in [0.29, 0.717) is 11.6 Å². The third-order valence-electron chi connectivity index (χ3n) is 3.93. The molecule has 7 heteroatoms. The van der Waals surface area contributed by atoms with E-state index < -0.39 is 17.5 Å². The Kier molecular flexibility index (Phi) is 6.87. The summed E-state index contributed by atoms with van der Waals surface area (Å²) in [4.78, 5) is 36.5. The highest BCUT2D eigenvalue weighted by atomic mass is 16.5. The van der Waals surface area contributed by atoms with Gasteiger partial charge in [0, 0.05) is 5.56 Å². The van der Waals surface area contributed by atoms with E-state index in [4.69, 9.17) is 9.47 Å². The molecule has 0 aliphatic rings. The average Bonchev–Trinajstić information content (AvgIpc) is 2.63. The minimum Gasteiger partial charge on any atom is -0.465 e. The van der Waals surface area contributed by atoms with Gasteiger partial charge >= 0.3 is 11.9 Å². The summed E-state index contributed by atoms with van der Waals surface area (Å²) in [6.45, 7) is 7.45. The van der Waals surface area contributed by atoms with Crippen LogP contribution in [0.5, 0.6) is 0 Å². The van der Waals surface area contributed by atoms with E-state index in [0.717, 1.165) is 15.8 Å². The van der Waals surface area contributed by atoms with Gasteiger partial charge in [-0.15, -0.1) is 0 Å². The molecule has 0 spiro atoms. The van der Waals surface area contributed by atoms with Crippen LogP contribution in [0.3, 0.4) is 0 Å². The zero-order chi connectivity index (χ0) is 20.0. The Hall–Kier alpha value is -2.96. The summed E-state index contributed by atoms with van der Waals surface area (Å²) in [5.74, 6) is -0.975. The maximum Gasteiger partial charge on any atom is 0.343 e. The van der Waals surface area contributed by atoms with Crippen molar-refractivity contribution in [3.8, 4) is 11.3 Å². The Balaban J connectivity index is 2.52. The van der Waals surface area contributed by atoms with E-state index in [1.54, 1.807) is 13.8 Å². The molecule has 0 radical (unpaired) electrons. The number of hydrogen-bond donors (Lipinski definition) is 0. The fourth-order valence-electron chi connectivity index (χ4n) is 2.51. The minimum atomic E-state index is -0.748. The molecule has 1 heterocycles. The molecule has 0 saturated heterocycles. The first-order chi connectivity index (χ1) is 12.9. The van der Waals surface area contributed by atoms with Gasteiger partial charge in [0.2, 0.25) is 0 Å². The third-order valence-corrected chi connectivity index (χ3v) is 3.93. The van der Waals surface area contributed by atoms with Gasteiger partial charge in [0.1, 0.15) is 12.1 Å². The quantitative estimate of drug-likeness (QED) is 0.695. The second-order valence-electron chi connectivity index (χ2n) is 6.21. The van der Waals surface area contributed by atoms with Gasteiger partial charge in [-0.2, -0.15) is 5.10 Å². The molecule has 7 nitrogen and oxygen atoms in total. The van der Waals surface area contributed by atoms with Crippen molar-refractivity contribution < 1.29 is 19.1 Å². The lowest BCUT2D eigenvalue weighted by Gasteiger charge is -2.11. The maximum atomic E-state index is 12.5. The first-order valence-corrected chi connectivity index (χ1v) is 8.92. The number of benzene rings is 1. The number of hydrogen-bond acceptors (Lipinski definition) is 6. The van der Waals surface area contributed by atoms with E-state index in [-0.39, 0.29) is 25.3 Å². The highest BCUT2D eigenvalue weighted by molar-refractivity contribution is 5.90. The summed E-state index contributed by atoms with van der Waals surface area (Å²) in [6.07, 6.45) is 0. The van der Waals surface area contributed by atoms with E-state index >= 15 is 0 Å². The number of ether oxygens (including phenoxy) is 2. The number of esters is 2. The van der Waals surface area contributed by atoms with Crippen molar-refractivity contribution in [3.05, 3.63) is 51.8 Å². The Morgan fingerprint density at radius 1 is 1.07 bits per heavy atom. The summed E-state index contributed by atoms with van der Waals surface area (Å²) in [5, 5.41) is 4.24. The van der Waals surface area contributed by atoms with Crippen molar-refractivity contribution in [2.45, 2.75) is 40.2 Å². The Labute approximate surface area is 157 Å². The Morgan fingerprint density at radius 3 is 2.26 bits per heavy atom. The molecular weight excluding hydrogens is 348 g/mol. The van der Waals surface area contributed by atoms with Crippen molar-refractivity contribution in [2.75, 3.05) is 13.2 Å². The number of nitrogens with zero attached hydrogens (tertiary/aromatic N) is 2. The van der Waals surface area contributed by atoms with Crippen LogP contribution in [0.4, 0.5) is 0 Å². The van der Waals surface area contributed by atoms with Crippen LogP contribution in [0, 0.1) is 0 Å². The van der Waals surface area contributed by atoms with Crippen LogP contribution in [0.15, 0.2) is 35.1 Å². The van der Waals surface area contributed by atoms with E-state index in [1.165, 1.54) is 6.07 Å². The van der Waals surface area contributed by atoms with Gasteiger partial charge in [-0.05, 0) is 31.4 Å². The molecule has 0 unspecified atom stereocenters. The van der Waals surface area contributed by atoms with Crippen molar-refractivity contribution in [2.24, 2.45) is 0 Å². The summed E-state index contributed by atoms with van der Waals surface area (Å²) in [5.41, 5.74) is 1.42.